The molecule has 3 N–H and O–H groups in total. The topological polar surface area (TPSA) is 75.4 Å². The molecule has 28 heavy (non-hydrogen) atoms. The van der Waals surface area contributed by atoms with Crippen LogP contribution in [0.3, 0.4) is 0 Å². The van der Waals surface area contributed by atoms with Gasteiger partial charge in [0.05, 0.1) is 0 Å². The van der Waals surface area contributed by atoms with Crippen LogP contribution < -0.4 is 11.1 Å². The number of piperidine rings is 1. The van der Waals surface area contributed by atoms with E-state index < -0.39 is 6.04 Å². The second-order valence-corrected chi connectivity index (χ2v) is 8.22. The third kappa shape index (κ3) is 3.88. The second-order valence-electron chi connectivity index (χ2n) is 8.22. The van der Waals surface area contributed by atoms with Crippen LogP contribution in [0, 0.1) is 5.41 Å². The maximum atomic E-state index is 12.7. The zero-order valence-corrected chi connectivity index (χ0v) is 16.3. The first-order valence-corrected chi connectivity index (χ1v) is 10.0. The zero-order chi connectivity index (χ0) is 19.7. The summed E-state index contributed by atoms with van der Waals surface area (Å²) in [7, 11) is 0. The molecule has 1 atom stereocenters. The lowest BCUT2D eigenvalue weighted by molar-refractivity contribution is -0.134. The Morgan fingerprint density at radius 1 is 0.929 bits per heavy atom. The molecule has 2 fully saturated rings. The molecule has 0 unspecified atom stereocenters. The molecule has 1 aliphatic carbocycles. The summed E-state index contributed by atoms with van der Waals surface area (Å²) in [5.74, 6) is -0.206. The van der Waals surface area contributed by atoms with E-state index in [9.17, 15) is 9.59 Å². The molecule has 1 aliphatic heterocycles. The van der Waals surface area contributed by atoms with Crippen LogP contribution in [-0.2, 0) is 4.79 Å². The number of nitrogens with zero attached hydrogens (tertiary/aromatic N) is 1. The number of nitrogens with two attached hydrogens (primary N) is 1. The number of hydrogen-bond donors (Lipinski definition) is 2. The molecule has 2 aliphatic rings. The largest absolute Gasteiger partial charge is 0.399 e. The summed E-state index contributed by atoms with van der Waals surface area (Å²) < 4.78 is 0. The van der Waals surface area contributed by atoms with Crippen LogP contribution in [0.5, 0.6) is 0 Å². The van der Waals surface area contributed by atoms with Crippen LogP contribution in [0.2, 0.25) is 0 Å². The van der Waals surface area contributed by atoms with E-state index in [-0.39, 0.29) is 11.8 Å². The Balaban J connectivity index is 1.34. The standard InChI is InChI=1S/C23H27N3O2/c1-16(22(28)26-14-12-23(10-11-23)13-15-26)25-21(27)19-4-2-17(3-5-19)18-6-8-20(24)9-7-18/h2-9,16H,10-15,24H2,1H3,(H,25,27)/t16-/m1/s1. The van der Waals surface area contributed by atoms with Crippen molar-refractivity contribution in [2.45, 2.75) is 38.6 Å². The molecule has 0 radical (unpaired) electrons. The van der Waals surface area contributed by atoms with Crippen molar-refractivity contribution in [3.05, 3.63) is 54.1 Å². The van der Waals surface area contributed by atoms with Crippen LogP contribution in [0.25, 0.3) is 11.1 Å². The summed E-state index contributed by atoms with van der Waals surface area (Å²) in [5, 5.41) is 2.85. The predicted octanol–water partition coefficient (Wildman–Crippen LogP) is 3.46. The Labute approximate surface area is 165 Å². The Morgan fingerprint density at radius 3 is 2.00 bits per heavy atom. The van der Waals surface area contributed by atoms with Crippen molar-refractivity contribution in [3.63, 3.8) is 0 Å². The minimum Gasteiger partial charge on any atom is -0.399 e. The fourth-order valence-corrected chi connectivity index (χ4v) is 3.98. The molecule has 1 heterocycles. The zero-order valence-electron chi connectivity index (χ0n) is 16.3. The number of benzene rings is 2. The Morgan fingerprint density at radius 2 is 1.46 bits per heavy atom. The van der Waals surface area contributed by atoms with Gasteiger partial charge in [-0.2, -0.15) is 0 Å². The summed E-state index contributed by atoms with van der Waals surface area (Å²) in [5.41, 5.74) is 9.60. The van der Waals surface area contributed by atoms with Gasteiger partial charge in [0, 0.05) is 24.3 Å². The van der Waals surface area contributed by atoms with Crippen molar-refractivity contribution >= 4 is 17.5 Å². The predicted molar refractivity (Wildman–Crippen MR) is 111 cm³/mol. The van der Waals surface area contributed by atoms with E-state index in [0.29, 0.717) is 11.0 Å². The molecular weight excluding hydrogens is 350 g/mol. The van der Waals surface area contributed by atoms with Gasteiger partial charge in [-0.1, -0.05) is 24.3 Å². The van der Waals surface area contributed by atoms with Crippen LogP contribution in [0.1, 0.15) is 43.0 Å². The van der Waals surface area contributed by atoms with E-state index in [1.165, 1.54) is 12.8 Å². The molecule has 2 aromatic carbocycles. The molecule has 146 valence electrons. The number of carbonyl (C=O) groups excluding carboxylic acids is 2. The van der Waals surface area contributed by atoms with E-state index in [0.717, 1.165) is 42.7 Å². The van der Waals surface area contributed by atoms with E-state index >= 15 is 0 Å². The molecule has 1 saturated heterocycles. The molecule has 4 rings (SSSR count). The van der Waals surface area contributed by atoms with Gasteiger partial charge >= 0.3 is 0 Å². The van der Waals surface area contributed by atoms with Gasteiger partial charge in [-0.3, -0.25) is 9.59 Å². The SMILES string of the molecule is C[C@@H](NC(=O)c1ccc(-c2ccc(N)cc2)cc1)C(=O)N1CCC2(CC1)CC2. The van der Waals surface area contributed by atoms with Crippen molar-refractivity contribution in [1.82, 2.24) is 10.2 Å². The summed E-state index contributed by atoms with van der Waals surface area (Å²) in [6.45, 7) is 3.40. The van der Waals surface area contributed by atoms with Crippen molar-refractivity contribution in [2.75, 3.05) is 18.8 Å². The van der Waals surface area contributed by atoms with Crippen molar-refractivity contribution < 1.29 is 9.59 Å². The number of likely N-dealkylation sites (tertiary alicyclic amines) is 1. The van der Waals surface area contributed by atoms with Gasteiger partial charge in [0.15, 0.2) is 0 Å². The third-order valence-electron chi connectivity index (χ3n) is 6.20. The number of rotatable bonds is 4. The monoisotopic (exact) mass is 377 g/mol. The van der Waals surface area contributed by atoms with Gasteiger partial charge in [-0.15, -0.1) is 0 Å². The lowest BCUT2D eigenvalue weighted by Gasteiger charge is -2.33. The highest BCUT2D eigenvalue weighted by molar-refractivity contribution is 5.97. The average molecular weight is 377 g/mol. The molecule has 5 heteroatoms. The first kappa shape index (κ1) is 18.5. The molecule has 0 bridgehead atoms. The fourth-order valence-electron chi connectivity index (χ4n) is 3.98. The first-order chi connectivity index (χ1) is 13.5. The van der Waals surface area contributed by atoms with Crippen LogP contribution in [-0.4, -0.2) is 35.8 Å². The number of carbonyl (C=O) groups is 2. The van der Waals surface area contributed by atoms with E-state index in [1.54, 1.807) is 19.1 Å². The summed E-state index contributed by atoms with van der Waals surface area (Å²) >= 11 is 0. The van der Waals surface area contributed by atoms with Crippen LogP contribution >= 0.6 is 0 Å². The lowest BCUT2D eigenvalue weighted by atomic mass is 9.93. The first-order valence-electron chi connectivity index (χ1n) is 10.0. The van der Waals surface area contributed by atoms with Gasteiger partial charge < -0.3 is 16.0 Å². The quantitative estimate of drug-likeness (QED) is 0.801. The molecule has 2 aromatic rings. The second kappa shape index (κ2) is 7.30. The molecule has 5 nitrogen and oxygen atoms in total. The van der Waals surface area contributed by atoms with Gasteiger partial charge in [0.1, 0.15) is 6.04 Å². The van der Waals surface area contributed by atoms with Crippen molar-refractivity contribution in [2.24, 2.45) is 5.41 Å². The minimum atomic E-state index is -0.516. The van der Waals surface area contributed by atoms with Crippen molar-refractivity contribution in [1.29, 1.82) is 0 Å². The Hall–Kier alpha value is -2.82. The number of nitrogens with one attached hydrogen (secondary N) is 1. The normalized spacial score (nSPS) is 18.5. The Bertz CT molecular complexity index is 860. The van der Waals surface area contributed by atoms with E-state index in [1.807, 2.05) is 41.3 Å². The van der Waals surface area contributed by atoms with Gasteiger partial charge in [0.2, 0.25) is 5.91 Å². The number of amides is 2. The highest BCUT2D eigenvalue weighted by Gasteiger charge is 2.45. The van der Waals surface area contributed by atoms with Gasteiger partial charge in [0.25, 0.3) is 5.91 Å². The number of hydrogen-bond acceptors (Lipinski definition) is 3. The summed E-state index contributed by atoms with van der Waals surface area (Å²) in [6, 6.07) is 14.5. The molecule has 0 aromatic heterocycles. The minimum absolute atomic E-state index is 0.0161. The number of anilines is 1. The van der Waals surface area contributed by atoms with Crippen molar-refractivity contribution in [3.8, 4) is 11.1 Å². The summed E-state index contributed by atoms with van der Waals surface area (Å²) in [4.78, 5) is 27.1. The smallest absolute Gasteiger partial charge is 0.251 e. The average Bonchev–Trinajstić information content (AvgIpc) is 3.47. The molecule has 1 saturated carbocycles. The summed E-state index contributed by atoms with van der Waals surface area (Å²) in [6.07, 6.45) is 4.83. The van der Waals surface area contributed by atoms with E-state index in [4.69, 9.17) is 5.73 Å². The molecule has 1 spiro atoms. The molecule has 2 amide bonds. The van der Waals surface area contributed by atoms with Crippen LogP contribution in [0.15, 0.2) is 48.5 Å². The number of nitrogen functional groups attached to an aromatic ring is 1. The van der Waals surface area contributed by atoms with E-state index in [2.05, 4.69) is 5.32 Å². The molecular formula is C23H27N3O2. The van der Waals surface area contributed by atoms with Gasteiger partial charge in [-0.25, -0.2) is 0 Å². The maximum Gasteiger partial charge on any atom is 0.251 e. The van der Waals surface area contributed by atoms with Gasteiger partial charge in [-0.05, 0) is 73.4 Å². The third-order valence-corrected chi connectivity index (χ3v) is 6.20. The Kier molecular flexibility index (Phi) is 4.84. The highest BCUT2D eigenvalue weighted by Crippen LogP contribution is 2.53. The van der Waals surface area contributed by atoms with Crippen LogP contribution in [0.4, 0.5) is 5.69 Å². The maximum absolute atomic E-state index is 12.7. The lowest BCUT2D eigenvalue weighted by Crippen LogP contribution is -2.49. The fraction of sp³-hybridized carbons (Fsp3) is 0.391. The highest BCUT2D eigenvalue weighted by atomic mass is 16.2.